The molecule has 11 heteroatoms. The molecule has 3 heterocycles. The van der Waals surface area contributed by atoms with Crippen LogP contribution in [0.15, 0.2) is 12.1 Å². The lowest BCUT2D eigenvalue weighted by Gasteiger charge is -2.26. The minimum atomic E-state index is -4.87. The minimum absolute atomic E-state index is 0.0109. The third-order valence-corrected chi connectivity index (χ3v) is 6.10. The van der Waals surface area contributed by atoms with Crippen LogP contribution >= 0.6 is 0 Å². The highest BCUT2D eigenvalue weighted by atomic mass is 19.4. The third-order valence-electron chi connectivity index (χ3n) is 6.10. The van der Waals surface area contributed by atoms with Crippen LogP contribution in [-0.4, -0.2) is 47.9 Å². The lowest BCUT2D eigenvalue weighted by atomic mass is 10.0. The highest BCUT2D eigenvalue weighted by molar-refractivity contribution is 6.35. The van der Waals surface area contributed by atoms with Gasteiger partial charge >= 0.3 is 6.18 Å². The normalized spacial score (nSPS) is 17.7. The summed E-state index contributed by atoms with van der Waals surface area (Å²) in [5.74, 6) is -2.35. The van der Waals surface area contributed by atoms with E-state index in [1.165, 1.54) is 13.0 Å². The summed E-state index contributed by atoms with van der Waals surface area (Å²) in [6, 6.07) is 2.20. The summed E-state index contributed by atoms with van der Waals surface area (Å²) >= 11 is 0. The van der Waals surface area contributed by atoms with Crippen molar-refractivity contribution in [3.8, 4) is 0 Å². The average Bonchev–Trinajstić information content (AvgIpc) is 3.25. The van der Waals surface area contributed by atoms with Crippen LogP contribution in [0.25, 0.3) is 11.6 Å². The predicted octanol–water partition coefficient (Wildman–Crippen LogP) is 3.77. The maximum Gasteiger partial charge on any atom is 0.419 e. The number of rotatable bonds is 5. The van der Waals surface area contributed by atoms with Gasteiger partial charge in [-0.2, -0.15) is 13.2 Å². The molecular formula is C23H25F4N5O2. The Morgan fingerprint density at radius 3 is 2.62 bits per heavy atom. The zero-order valence-electron chi connectivity index (χ0n) is 18.5. The Kier molecular flexibility index (Phi) is 6.39. The molecule has 2 aliphatic heterocycles. The molecule has 7 nitrogen and oxygen atoms in total. The number of nitrogens with one attached hydrogen (secondary N) is 3. The van der Waals surface area contributed by atoms with Gasteiger partial charge < -0.3 is 26.3 Å². The molecule has 5 N–H and O–H groups in total. The maximum absolute atomic E-state index is 14.1. The fraction of sp³-hybridized carbons (Fsp3) is 0.391. The van der Waals surface area contributed by atoms with E-state index < -0.39 is 40.6 Å². The van der Waals surface area contributed by atoms with Crippen LogP contribution in [0, 0.1) is 12.7 Å². The number of nitrogen functional groups attached to an aromatic ring is 1. The van der Waals surface area contributed by atoms with Gasteiger partial charge in [0.2, 0.25) is 0 Å². The highest BCUT2D eigenvalue weighted by Gasteiger charge is 2.41. The minimum Gasteiger partial charge on any atom is -0.396 e. The van der Waals surface area contributed by atoms with Crippen LogP contribution in [0.2, 0.25) is 0 Å². The summed E-state index contributed by atoms with van der Waals surface area (Å²) in [6.07, 6.45) is -0.609. The summed E-state index contributed by atoms with van der Waals surface area (Å²) < 4.78 is 56.2. The molecular weight excluding hydrogens is 454 g/mol. The number of aromatic amines is 1. The number of halogens is 4. The number of hydrogen-bond donors (Lipinski definition) is 4. The van der Waals surface area contributed by atoms with Gasteiger partial charge in [-0.3, -0.25) is 9.59 Å². The van der Waals surface area contributed by atoms with E-state index in [0.717, 1.165) is 44.5 Å². The first-order valence-corrected chi connectivity index (χ1v) is 11.0. The van der Waals surface area contributed by atoms with Gasteiger partial charge in [0, 0.05) is 24.3 Å². The predicted molar refractivity (Wildman–Crippen MR) is 120 cm³/mol. The first-order chi connectivity index (χ1) is 16.1. The molecule has 34 heavy (non-hydrogen) atoms. The molecule has 1 aromatic heterocycles. The summed E-state index contributed by atoms with van der Waals surface area (Å²) in [6.45, 7) is 3.94. The first-order valence-electron chi connectivity index (χ1n) is 11.0. The van der Waals surface area contributed by atoms with Gasteiger partial charge in [-0.05, 0) is 51.1 Å². The van der Waals surface area contributed by atoms with Crippen molar-refractivity contribution in [1.29, 1.82) is 0 Å². The number of anilines is 2. The number of likely N-dealkylation sites (tertiary alicyclic amines) is 1. The Labute approximate surface area is 193 Å². The number of H-pyrrole nitrogens is 1. The number of nitrogens with two attached hydrogens (primary N) is 1. The summed E-state index contributed by atoms with van der Waals surface area (Å²) in [7, 11) is 0. The van der Waals surface area contributed by atoms with Crippen LogP contribution in [0.5, 0.6) is 0 Å². The highest BCUT2D eigenvalue weighted by Crippen LogP contribution is 2.40. The van der Waals surface area contributed by atoms with E-state index in [-0.39, 0.29) is 34.8 Å². The molecule has 0 bridgehead atoms. The second-order valence-electron chi connectivity index (χ2n) is 8.50. The molecule has 182 valence electrons. The van der Waals surface area contributed by atoms with Gasteiger partial charge in [0.15, 0.2) is 0 Å². The molecule has 0 atom stereocenters. The molecule has 0 spiro atoms. The van der Waals surface area contributed by atoms with E-state index >= 15 is 0 Å². The Bertz CT molecular complexity index is 1160. The van der Waals surface area contributed by atoms with Gasteiger partial charge in [0.25, 0.3) is 11.8 Å². The molecule has 2 amide bonds. The van der Waals surface area contributed by atoms with Crippen molar-refractivity contribution in [3.05, 3.63) is 46.0 Å². The summed E-state index contributed by atoms with van der Waals surface area (Å²) in [5.41, 5.74) is 3.28. The van der Waals surface area contributed by atoms with E-state index in [1.807, 2.05) is 0 Å². The first kappa shape index (κ1) is 23.8. The molecule has 1 fully saturated rings. The second kappa shape index (κ2) is 9.13. The fourth-order valence-corrected chi connectivity index (χ4v) is 4.45. The van der Waals surface area contributed by atoms with Crippen LogP contribution in [0.4, 0.5) is 28.9 Å². The Morgan fingerprint density at radius 1 is 1.24 bits per heavy atom. The van der Waals surface area contributed by atoms with Crippen LogP contribution in [-0.2, 0) is 11.0 Å². The van der Waals surface area contributed by atoms with E-state index in [2.05, 4.69) is 20.5 Å². The Balaban J connectivity index is 1.65. The number of benzene rings is 1. The molecule has 2 aliphatic rings. The van der Waals surface area contributed by atoms with Gasteiger partial charge in [-0.15, -0.1) is 0 Å². The largest absolute Gasteiger partial charge is 0.419 e. The Hall–Kier alpha value is -3.34. The van der Waals surface area contributed by atoms with E-state index in [1.54, 1.807) is 0 Å². The summed E-state index contributed by atoms with van der Waals surface area (Å²) in [5, 5.41) is 5.04. The van der Waals surface area contributed by atoms with Crippen LogP contribution < -0.4 is 16.4 Å². The third kappa shape index (κ3) is 4.65. The lowest BCUT2D eigenvalue weighted by Crippen LogP contribution is -2.38. The van der Waals surface area contributed by atoms with E-state index in [0.29, 0.717) is 6.54 Å². The molecule has 1 aromatic carbocycles. The van der Waals surface area contributed by atoms with Gasteiger partial charge in [0.1, 0.15) is 5.82 Å². The molecule has 0 aliphatic carbocycles. The molecule has 0 radical (unpaired) electrons. The number of carbonyl (C=O) groups is 2. The van der Waals surface area contributed by atoms with E-state index in [4.69, 9.17) is 5.73 Å². The lowest BCUT2D eigenvalue weighted by molar-refractivity contribution is -0.138. The second-order valence-corrected chi connectivity index (χ2v) is 8.50. The number of fused-ring (bicyclic) bond motifs is 1. The van der Waals surface area contributed by atoms with Crippen molar-refractivity contribution in [3.63, 3.8) is 0 Å². The number of nitrogens with zero attached hydrogens (tertiary/aromatic N) is 1. The number of alkyl halides is 3. The van der Waals surface area contributed by atoms with Crippen molar-refractivity contribution < 1.29 is 27.2 Å². The fourth-order valence-electron chi connectivity index (χ4n) is 4.45. The quantitative estimate of drug-likeness (QED) is 0.298. The van der Waals surface area contributed by atoms with Crippen molar-refractivity contribution in [2.24, 2.45) is 0 Å². The summed E-state index contributed by atoms with van der Waals surface area (Å²) in [4.78, 5) is 29.9. The smallest absolute Gasteiger partial charge is 0.396 e. The monoisotopic (exact) mass is 479 g/mol. The van der Waals surface area contributed by atoms with Crippen molar-refractivity contribution in [2.45, 2.75) is 32.4 Å². The number of piperidine rings is 1. The van der Waals surface area contributed by atoms with Gasteiger partial charge in [-0.25, -0.2) is 4.39 Å². The van der Waals surface area contributed by atoms with Crippen LogP contribution in [0.1, 0.15) is 52.1 Å². The maximum atomic E-state index is 14.1. The average molecular weight is 479 g/mol. The van der Waals surface area contributed by atoms with Gasteiger partial charge in [0.05, 0.1) is 33.8 Å². The van der Waals surface area contributed by atoms with Crippen molar-refractivity contribution >= 4 is 34.8 Å². The molecule has 0 unspecified atom stereocenters. The number of carbonyl (C=O) groups excluding carboxylic acids is 2. The van der Waals surface area contributed by atoms with Crippen LogP contribution in [0.3, 0.4) is 0 Å². The Morgan fingerprint density at radius 2 is 1.94 bits per heavy atom. The number of hydrogen-bond acceptors (Lipinski definition) is 4. The van der Waals surface area contributed by atoms with Gasteiger partial charge in [-0.1, -0.05) is 6.42 Å². The molecule has 0 saturated carbocycles. The van der Waals surface area contributed by atoms with Crippen molar-refractivity contribution in [2.75, 3.05) is 37.2 Å². The molecule has 2 aromatic rings. The standard InChI is InChI=1S/C23H25F4N5O2/c1-12-19(22(34)29-5-8-32-6-3-2-4-7-32)20(23(25,26)27)18(30-12)10-14-13-9-15(24)16(28)11-17(13)31-21(14)33/h9-11,30H,2-8,28H2,1H3,(H,29,34)(H,31,33)/b14-10-. The zero-order chi connectivity index (χ0) is 24.6. The number of aryl methyl sites for hydroxylation is 1. The SMILES string of the molecule is Cc1[nH]c(/C=C2\C(=O)Nc3cc(N)c(F)cc32)c(C(F)(F)F)c1C(=O)NCCN1CCCCC1. The van der Waals surface area contributed by atoms with E-state index in [9.17, 15) is 27.2 Å². The topological polar surface area (TPSA) is 103 Å². The van der Waals surface area contributed by atoms with Crippen molar-refractivity contribution in [1.82, 2.24) is 15.2 Å². The molecule has 4 rings (SSSR count). The number of aromatic nitrogens is 1. The number of amides is 2. The zero-order valence-corrected chi connectivity index (χ0v) is 18.5. The molecule has 1 saturated heterocycles.